The van der Waals surface area contributed by atoms with E-state index in [9.17, 15) is 4.79 Å². The van der Waals surface area contributed by atoms with E-state index in [2.05, 4.69) is 74.3 Å². The first-order valence-corrected chi connectivity index (χ1v) is 11.2. The number of ether oxygens (including phenoxy) is 1. The molecule has 0 saturated carbocycles. The lowest BCUT2D eigenvalue weighted by atomic mass is 9.88. The number of fused-ring (bicyclic) bond motifs is 1. The molecule has 1 saturated heterocycles. The predicted octanol–water partition coefficient (Wildman–Crippen LogP) is 4.93. The Morgan fingerprint density at radius 3 is 2.60 bits per heavy atom. The van der Waals surface area contributed by atoms with Crippen molar-refractivity contribution in [1.29, 1.82) is 0 Å². The number of hydrogen-bond acceptors (Lipinski definition) is 3. The van der Waals surface area contributed by atoms with E-state index in [1.165, 1.54) is 16.7 Å². The van der Waals surface area contributed by atoms with Crippen LogP contribution in [-0.4, -0.2) is 29.5 Å². The Morgan fingerprint density at radius 2 is 1.87 bits per heavy atom. The van der Waals surface area contributed by atoms with Crippen molar-refractivity contribution < 1.29 is 9.53 Å². The van der Waals surface area contributed by atoms with E-state index < -0.39 is 0 Å². The van der Waals surface area contributed by atoms with Gasteiger partial charge in [-0.3, -0.25) is 9.69 Å². The molecule has 0 bridgehead atoms. The first-order chi connectivity index (χ1) is 14.3. The van der Waals surface area contributed by atoms with E-state index in [1.54, 1.807) is 0 Å². The molecule has 0 radical (unpaired) electrons. The lowest BCUT2D eigenvalue weighted by Gasteiger charge is -2.39. The molecule has 0 aromatic heterocycles. The summed E-state index contributed by atoms with van der Waals surface area (Å²) in [5, 5.41) is 3.36. The second-order valence-corrected chi connectivity index (χ2v) is 9.65. The maximum Gasteiger partial charge on any atom is 0.223 e. The molecule has 0 unspecified atom stereocenters. The fourth-order valence-corrected chi connectivity index (χ4v) is 4.77. The summed E-state index contributed by atoms with van der Waals surface area (Å²) >= 11 is 0. The number of aryl methyl sites for hydroxylation is 2. The highest BCUT2D eigenvalue weighted by molar-refractivity contribution is 5.79. The minimum absolute atomic E-state index is 0.0150. The number of carbonyl (C=O) groups excluding carboxylic acids is 1. The third-order valence-corrected chi connectivity index (χ3v) is 6.55. The highest BCUT2D eigenvalue weighted by atomic mass is 16.5. The zero-order valence-electron chi connectivity index (χ0n) is 18.7. The standard InChI is InChI=1S/C26H34N2O2/c1-18-9-10-24-22(15-18)23(16-26(3,4)30-24)27-25(29)20-11-13-28(14-12-20)17-21-8-6-5-7-19(21)2/h5-10,15,20,23H,11-14,16-17H2,1-4H3,(H,27,29)/t23-/m1/s1. The van der Waals surface area contributed by atoms with Crippen molar-refractivity contribution in [1.82, 2.24) is 10.2 Å². The summed E-state index contributed by atoms with van der Waals surface area (Å²) in [7, 11) is 0. The van der Waals surface area contributed by atoms with Crippen LogP contribution in [0.2, 0.25) is 0 Å². The molecule has 1 amide bonds. The molecular formula is C26H34N2O2. The number of amides is 1. The maximum atomic E-state index is 13.1. The molecular weight excluding hydrogens is 372 g/mol. The van der Waals surface area contributed by atoms with Crippen molar-refractivity contribution in [3.05, 3.63) is 64.7 Å². The molecule has 0 aliphatic carbocycles. The van der Waals surface area contributed by atoms with E-state index >= 15 is 0 Å². The molecule has 0 spiro atoms. The number of piperidine rings is 1. The summed E-state index contributed by atoms with van der Waals surface area (Å²) in [4.78, 5) is 15.6. The highest BCUT2D eigenvalue weighted by Crippen LogP contribution is 2.40. The molecule has 1 N–H and O–H groups in total. The Labute approximate surface area is 180 Å². The largest absolute Gasteiger partial charge is 0.487 e. The fraction of sp³-hybridized carbons (Fsp3) is 0.500. The van der Waals surface area contributed by atoms with Crippen LogP contribution in [0.5, 0.6) is 5.75 Å². The van der Waals surface area contributed by atoms with Gasteiger partial charge in [-0.15, -0.1) is 0 Å². The molecule has 2 aliphatic heterocycles. The van der Waals surface area contributed by atoms with E-state index in [4.69, 9.17) is 4.74 Å². The van der Waals surface area contributed by atoms with Crippen molar-refractivity contribution in [2.24, 2.45) is 5.92 Å². The second kappa shape index (κ2) is 8.43. The van der Waals surface area contributed by atoms with Crippen molar-refractivity contribution >= 4 is 5.91 Å². The van der Waals surface area contributed by atoms with E-state index in [-0.39, 0.29) is 23.5 Å². The summed E-state index contributed by atoms with van der Waals surface area (Å²) in [5.41, 5.74) is 4.75. The molecule has 2 aliphatic rings. The van der Waals surface area contributed by atoms with Gasteiger partial charge in [0.1, 0.15) is 11.4 Å². The number of nitrogens with one attached hydrogen (secondary N) is 1. The van der Waals surface area contributed by atoms with Gasteiger partial charge in [0.25, 0.3) is 0 Å². The van der Waals surface area contributed by atoms with Gasteiger partial charge in [0, 0.05) is 24.4 Å². The summed E-state index contributed by atoms with van der Waals surface area (Å²) in [6.07, 6.45) is 2.64. The number of likely N-dealkylation sites (tertiary alicyclic amines) is 1. The second-order valence-electron chi connectivity index (χ2n) is 9.65. The zero-order valence-corrected chi connectivity index (χ0v) is 18.7. The molecule has 1 atom stereocenters. The van der Waals surface area contributed by atoms with Crippen molar-refractivity contribution in [2.45, 2.75) is 65.1 Å². The number of carbonyl (C=O) groups is 1. The first-order valence-electron chi connectivity index (χ1n) is 11.2. The van der Waals surface area contributed by atoms with Crippen LogP contribution in [0, 0.1) is 19.8 Å². The zero-order chi connectivity index (χ0) is 21.3. The molecule has 2 aromatic rings. The molecule has 4 heteroatoms. The highest BCUT2D eigenvalue weighted by Gasteiger charge is 2.36. The Hall–Kier alpha value is -2.33. The molecule has 4 nitrogen and oxygen atoms in total. The summed E-state index contributed by atoms with van der Waals surface area (Å²) in [6, 6.07) is 14.9. The molecule has 160 valence electrons. The van der Waals surface area contributed by atoms with E-state index in [0.717, 1.165) is 50.2 Å². The Kier molecular flexibility index (Phi) is 5.88. The third-order valence-electron chi connectivity index (χ3n) is 6.55. The van der Waals surface area contributed by atoms with Gasteiger partial charge in [0.2, 0.25) is 5.91 Å². The lowest BCUT2D eigenvalue weighted by molar-refractivity contribution is -0.127. The Balaban J connectivity index is 1.37. The van der Waals surface area contributed by atoms with Crippen LogP contribution in [0.1, 0.15) is 61.4 Å². The number of nitrogens with zero attached hydrogens (tertiary/aromatic N) is 1. The van der Waals surface area contributed by atoms with Crippen LogP contribution in [0.15, 0.2) is 42.5 Å². The summed E-state index contributed by atoms with van der Waals surface area (Å²) in [6.45, 7) is 11.4. The van der Waals surface area contributed by atoms with Gasteiger partial charge in [0.05, 0.1) is 6.04 Å². The van der Waals surface area contributed by atoms with Gasteiger partial charge in [0.15, 0.2) is 0 Å². The van der Waals surface area contributed by atoms with Crippen LogP contribution in [0.4, 0.5) is 0 Å². The fourth-order valence-electron chi connectivity index (χ4n) is 4.77. The van der Waals surface area contributed by atoms with Gasteiger partial charge < -0.3 is 10.1 Å². The molecule has 1 fully saturated rings. The summed E-state index contributed by atoms with van der Waals surface area (Å²) in [5.74, 6) is 1.19. The Morgan fingerprint density at radius 1 is 1.13 bits per heavy atom. The normalized spacial score (nSPS) is 21.5. The molecule has 4 rings (SSSR count). The van der Waals surface area contributed by atoms with Crippen LogP contribution in [0.25, 0.3) is 0 Å². The number of hydrogen-bond donors (Lipinski definition) is 1. The monoisotopic (exact) mass is 406 g/mol. The Bertz CT molecular complexity index is 913. The predicted molar refractivity (Wildman–Crippen MR) is 121 cm³/mol. The van der Waals surface area contributed by atoms with Crippen molar-refractivity contribution in [3.8, 4) is 5.75 Å². The smallest absolute Gasteiger partial charge is 0.223 e. The van der Waals surface area contributed by atoms with Crippen LogP contribution in [-0.2, 0) is 11.3 Å². The van der Waals surface area contributed by atoms with Gasteiger partial charge in [-0.25, -0.2) is 0 Å². The van der Waals surface area contributed by atoms with Gasteiger partial charge >= 0.3 is 0 Å². The summed E-state index contributed by atoms with van der Waals surface area (Å²) < 4.78 is 6.15. The van der Waals surface area contributed by atoms with Gasteiger partial charge in [-0.05, 0) is 70.8 Å². The first kappa shape index (κ1) is 20.9. The van der Waals surface area contributed by atoms with Crippen molar-refractivity contribution in [2.75, 3.05) is 13.1 Å². The third kappa shape index (κ3) is 4.70. The van der Waals surface area contributed by atoms with Gasteiger partial charge in [-0.1, -0.05) is 42.0 Å². The lowest BCUT2D eigenvalue weighted by Crippen LogP contribution is -2.45. The number of benzene rings is 2. The SMILES string of the molecule is Cc1ccc2c(c1)[C@H](NC(=O)C1CCN(Cc3ccccc3C)CC1)CC(C)(C)O2. The minimum atomic E-state index is -0.281. The maximum absolute atomic E-state index is 13.1. The van der Waals surface area contributed by atoms with E-state index in [0.29, 0.717) is 0 Å². The van der Waals surface area contributed by atoms with Crippen LogP contribution >= 0.6 is 0 Å². The van der Waals surface area contributed by atoms with Crippen LogP contribution < -0.4 is 10.1 Å². The average Bonchev–Trinajstić information content (AvgIpc) is 2.70. The number of rotatable bonds is 4. The topological polar surface area (TPSA) is 41.6 Å². The minimum Gasteiger partial charge on any atom is -0.487 e. The quantitative estimate of drug-likeness (QED) is 0.782. The molecule has 2 aromatic carbocycles. The average molecular weight is 407 g/mol. The van der Waals surface area contributed by atoms with Crippen LogP contribution in [0.3, 0.4) is 0 Å². The van der Waals surface area contributed by atoms with Crippen molar-refractivity contribution in [3.63, 3.8) is 0 Å². The van der Waals surface area contributed by atoms with Gasteiger partial charge in [-0.2, -0.15) is 0 Å². The van der Waals surface area contributed by atoms with E-state index in [1.807, 2.05) is 6.07 Å². The molecule has 2 heterocycles. The molecule has 30 heavy (non-hydrogen) atoms.